The number of hydrogen-bond donors (Lipinski definition) is 0. The third kappa shape index (κ3) is 3.99. The van der Waals surface area contributed by atoms with Crippen molar-refractivity contribution in [3.05, 3.63) is 35.6 Å². The summed E-state index contributed by atoms with van der Waals surface area (Å²) in [7, 11) is 1.55. The highest BCUT2D eigenvalue weighted by Gasteiger charge is 2.39. The van der Waals surface area contributed by atoms with Crippen molar-refractivity contribution in [1.82, 2.24) is 0 Å². The van der Waals surface area contributed by atoms with Gasteiger partial charge in [-0.2, -0.15) is 0 Å². The number of hydrogen-bond acceptors (Lipinski definition) is 6. The summed E-state index contributed by atoms with van der Waals surface area (Å²) in [6, 6.07) is 6.87. The Morgan fingerprint density at radius 3 is 2.40 bits per heavy atom. The first-order valence-corrected chi connectivity index (χ1v) is 7.90. The van der Waals surface area contributed by atoms with E-state index in [9.17, 15) is 14.4 Å². The number of amides is 1. The Kier molecular flexibility index (Phi) is 5.80. The number of carbonyl (C=O) groups excluding carboxylic acids is 3. The van der Waals surface area contributed by atoms with Crippen LogP contribution in [-0.4, -0.2) is 44.0 Å². The molecule has 0 radical (unpaired) electrons. The molecule has 1 unspecified atom stereocenters. The molecule has 0 N–H and O–H groups in total. The summed E-state index contributed by atoms with van der Waals surface area (Å²) in [5.74, 6) is -0.555. The molecule has 1 aromatic carbocycles. The SMILES string of the molecule is CCOC(=O)C1=C(C)OC(CN(C(C)=O)c2ccc(OC)cc2)C1=O. The van der Waals surface area contributed by atoms with Gasteiger partial charge in [0.05, 0.1) is 20.3 Å². The largest absolute Gasteiger partial charge is 0.497 e. The van der Waals surface area contributed by atoms with Crippen molar-refractivity contribution in [2.75, 3.05) is 25.2 Å². The highest BCUT2D eigenvalue weighted by Crippen LogP contribution is 2.26. The summed E-state index contributed by atoms with van der Waals surface area (Å²) < 4.78 is 15.5. The molecule has 7 nitrogen and oxygen atoms in total. The van der Waals surface area contributed by atoms with E-state index < -0.39 is 17.9 Å². The first-order chi connectivity index (χ1) is 11.9. The number of benzene rings is 1. The van der Waals surface area contributed by atoms with Gasteiger partial charge in [-0.15, -0.1) is 0 Å². The highest BCUT2D eigenvalue weighted by atomic mass is 16.5. The molecular formula is C18H21NO6. The standard InChI is InChI=1S/C18H21NO6/c1-5-24-18(22)16-11(2)25-15(17(16)21)10-19(12(3)20)13-6-8-14(23-4)9-7-13/h6-9,15H,5,10H2,1-4H3. The molecule has 0 fully saturated rings. The normalized spacial score (nSPS) is 16.5. The number of methoxy groups -OCH3 is 1. The average molecular weight is 347 g/mol. The van der Waals surface area contributed by atoms with Crippen molar-refractivity contribution in [3.63, 3.8) is 0 Å². The van der Waals surface area contributed by atoms with Crippen LogP contribution < -0.4 is 9.64 Å². The number of anilines is 1. The Labute approximate surface area is 146 Å². The van der Waals surface area contributed by atoms with Crippen LogP contribution in [0.5, 0.6) is 5.75 Å². The van der Waals surface area contributed by atoms with Crippen LogP contribution in [0.25, 0.3) is 0 Å². The third-order valence-electron chi connectivity index (χ3n) is 3.80. The van der Waals surface area contributed by atoms with E-state index in [1.54, 1.807) is 38.3 Å². The van der Waals surface area contributed by atoms with Crippen LogP contribution in [0.2, 0.25) is 0 Å². The maximum Gasteiger partial charge on any atom is 0.345 e. The minimum absolute atomic E-state index is 0.000735. The number of carbonyl (C=O) groups is 3. The minimum atomic E-state index is -0.939. The Balaban J connectivity index is 2.17. The van der Waals surface area contributed by atoms with Gasteiger partial charge in [0.25, 0.3) is 0 Å². The van der Waals surface area contributed by atoms with Crippen molar-refractivity contribution < 1.29 is 28.6 Å². The van der Waals surface area contributed by atoms with Crippen LogP contribution in [0.1, 0.15) is 20.8 Å². The number of nitrogens with zero attached hydrogens (tertiary/aromatic N) is 1. The van der Waals surface area contributed by atoms with Crippen LogP contribution in [0.3, 0.4) is 0 Å². The summed E-state index contributed by atoms with van der Waals surface area (Å²) in [5.41, 5.74) is 0.511. The topological polar surface area (TPSA) is 82.1 Å². The molecule has 0 aliphatic carbocycles. The van der Waals surface area contributed by atoms with E-state index in [4.69, 9.17) is 14.2 Å². The van der Waals surface area contributed by atoms with Crippen molar-refractivity contribution >= 4 is 23.3 Å². The molecule has 7 heteroatoms. The number of esters is 1. The average Bonchev–Trinajstić information content (AvgIpc) is 2.86. The fourth-order valence-corrected chi connectivity index (χ4v) is 2.57. The smallest absolute Gasteiger partial charge is 0.345 e. The van der Waals surface area contributed by atoms with Crippen LogP contribution in [-0.2, 0) is 23.9 Å². The minimum Gasteiger partial charge on any atom is -0.497 e. The van der Waals surface area contributed by atoms with Gasteiger partial charge in [0.2, 0.25) is 11.7 Å². The molecule has 1 aliphatic heterocycles. The molecule has 1 atom stereocenters. The first-order valence-electron chi connectivity index (χ1n) is 7.90. The zero-order valence-electron chi connectivity index (χ0n) is 14.7. The molecule has 134 valence electrons. The number of ether oxygens (including phenoxy) is 3. The molecule has 0 aromatic heterocycles. The van der Waals surface area contributed by atoms with Gasteiger partial charge < -0.3 is 19.1 Å². The molecular weight excluding hydrogens is 326 g/mol. The summed E-state index contributed by atoms with van der Waals surface area (Å²) in [4.78, 5) is 37.8. The Hall–Kier alpha value is -2.83. The second-order valence-electron chi connectivity index (χ2n) is 5.45. The third-order valence-corrected chi connectivity index (χ3v) is 3.80. The molecule has 0 spiro atoms. The lowest BCUT2D eigenvalue weighted by Crippen LogP contribution is -2.39. The van der Waals surface area contributed by atoms with E-state index in [2.05, 4.69) is 0 Å². The van der Waals surface area contributed by atoms with E-state index >= 15 is 0 Å². The van der Waals surface area contributed by atoms with E-state index in [0.717, 1.165) is 0 Å². The lowest BCUT2D eigenvalue weighted by atomic mass is 10.1. The van der Waals surface area contributed by atoms with E-state index in [-0.39, 0.29) is 30.4 Å². The molecule has 0 saturated heterocycles. The molecule has 0 bridgehead atoms. The van der Waals surface area contributed by atoms with Crippen LogP contribution in [0.4, 0.5) is 5.69 Å². The number of ketones is 1. The van der Waals surface area contributed by atoms with Gasteiger partial charge in [-0.05, 0) is 38.1 Å². The van der Waals surface area contributed by atoms with Gasteiger partial charge in [0.15, 0.2) is 6.10 Å². The summed E-state index contributed by atoms with van der Waals surface area (Å²) in [5, 5.41) is 0. The van der Waals surface area contributed by atoms with Crippen molar-refractivity contribution in [3.8, 4) is 5.75 Å². The number of rotatable bonds is 6. The maximum atomic E-state index is 12.5. The molecule has 2 rings (SSSR count). The van der Waals surface area contributed by atoms with Gasteiger partial charge >= 0.3 is 5.97 Å². The van der Waals surface area contributed by atoms with Crippen molar-refractivity contribution in [1.29, 1.82) is 0 Å². The lowest BCUT2D eigenvalue weighted by Gasteiger charge is -2.24. The molecule has 1 aliphatic rings. The Bertz CT molecular complexity index is 707. The van der Waals surface area contributed by atoms with Gasteiger partial charge in [-0.25, -0.2) is 4.79 Å². The summed E-state index contributed by atoms with van der Waals surface area (Å²) >= 11 is 0. The maximum absolute atomic E-state index is 12.5. The van der Waals surface area contributed by atoms with E-state index in [0.29, 0.717) is 11.4 Å². The molecule has 0 saturated carbocycles. The molecule has 1 amide bonds. The van der Waals surface area contributed by atoms with Gasteiger partial charge in [-0.1, -0.05) is 0 Å². The Morgan fingerprint density at radius 2 is 1.88 bits per heavy atom. The fourth-order valence-electron chi connectivity index (χ4n) is 2.57. The van der Waals surface area contributed by atoms with E-state index in [1.807, 2.05) is 0 Å². The quantitative estimate of drug-likeness (QED) is 0.577. The lowest BCUT2D eigenvalue weighted by molar-refractivity contribution is -0.140. The molecule has 1 aromatic rings. The molecule has 25 heavy (non-hydrogen) atoms. The monoisotopic (exact) mass is 347 g/mol. The predicted molar refractivity (Wildman–Crippen MR) is 90.2 cm³/mol. The van der Waals surface area contributed by atoms with Crippen LogP contribution in [0, 0.1) is 0 Å². The summed E-state index contributed by atoms with van der Waals surface area (Å²) in [6.07, 6.45) is -0.939. The zero-order chi connectivity index (χ0) is 18.6. The first kappa shape index (κ1) is 18.5. The summed E-state index contributed by atoms with van der Waals surface area (Å²) in [6.45, 7) is 4.76. The number of Topliss-reactive ketones (excluding diaryl/α,β-unsaturated/α-hetero) is 1. The van der Waals surface area contributed by atoms with Crippen molar-refractivity contribution in [2.45, 2.75) is 26.9 Å². The predicted octanol–water partition coefficient (Wildman–Crippen LogP) is 1.85. The number of allylic oxidation sites excluding steroid dienone is 1. The Morgan fingerprint density at radius 1 is 1.24 bits per heavy atom. The second kappa shape index (κ2) is 7.83. The van der Waals surface area contributed by atoms with Crippen LogP contribution in [0.15, 0.2) is 35.6 Å². The van der Waals surface area contributed by atoms with Gasteiger partial charge in [-0.3, -0.25) is 9.59 Å². The molecule has 1 heterocycles. The van der Waals surface area contributed by atoms with E-state index in [1.165, 1.54) is 18.7 Å². The fraction of sp³-hybridized carbons (Fsp3) is 0.389. The zero-order valence-corrected chi connectivity index (χ0v) is 14.7. The highest BCUT2D eigenvalue weighted by molar-refractivity contribution is 6.21. The van der Waals surface area contributed by atoms with Crippen molar-refractivity contribution in [2.24, 2.45) is 0 Å². The van der Waals surface area contributed by atoms with Gasteiger partial charge in [0, 0.05) is 12.6 Å². The van der Waals surface area contributed by atoms with Gasteiger partial charge in [0.1, 0.15) is 17.1 Å². The second-order valence-corrected chi connectivity index (χ2v) is 5.45. The van der Waals surface area contributed by atoms with Crippen LogP contribution >= 0.6 is 0 Å².